The zero-order valence-electron chi connectivity index (χ0n) is 11.7. The highest BCUT2D eigenvalue weighted by Crippen LogP contribution is 2.27. The Morgan fingerprint density at radius 3 is 2.57 bits per heavy atom. The van der Waals surface area contributed by atoms with Crippen molar-refractivity contribution < 1.29 is 0 Å². The predicted octanol–water partition coefficient (Wildman–Crippen LogP) is 2.76. The van der Waals surface area contributed by atoms with Gasteiger partial charge in [0.05, 0.1) is 16.8 Å². The van der Waals surface area contributed by atoms with E-state index in [0.29, 0.717) is 16.5 Å². The average Bonchev–Trinajstić information content (AvgIpc) is 2.90. The maximum atomic E-state index is 12.0. The Kier molecular flexibility index (Phi) is 3.39. The van der Waals surface area contributed by atoms with E-state index < -0.39 is 0 Å². The molecule has 0 fully saturated rings. The number of thiophene rings is 1. The lowest BCUT2D eigenvalue weighted by Crippen LogP contribution is -2.20. The van der Waals surface area contributed by atoms with Gasteiger partial charge in [0.15, 0.2) is 0 Å². The molecule has 5 nitrogen and oxygen atoms in total. The second-order valence-corrected chi connectivity index (χ2v) is 6.27. The molecule has 0 saturated carbocycles. The van der Waals surface area contributed by atoms with Crippen molar-refractivity contribution in [2.75, 3.05) is 5.32 Å². The van der Waals surface area contributed by atoms with Crippen molar-refractivity contribution >= 4 is 27.8 Å². The predicted molar refractivity (Wildman–Crippen MR) is 86.3 cm³/mol. The molecule has 0 amide bonds. The standard InChI is InChI=1S/C15H15N3O2S/c1-8-6-7-12(21-8)9(2)16-11-5-3-4-10-13(11)15(20)18-17-14(10)19/h3-7,9,16H,1-2H3,(H,17,19)(H,18,20). The quantitative estimate of drug-likeness (QED) is 0.696. The SMILES string of the molecule is Cc1ccc(C(C)Nc2cccc3c(=O)[nH][nH]c(=O)c23)s1. The Balaban J connectivity index is 2.07. The largest absolute Gasteiger partial charge is 0.377 e. The van der Waals surface area contributed by atoms with Gasteiger partial charge in [-0.1, -0.05) is 6.07 Å². The number of hydrogen-bond donors (Lipinski definition) is 3. The molecule has 1 unspecified atom stereocenters. The van der Waals surface area contributed by atoms with Crippen molar-refractivity contribution in [1.29, 1.82) is 0 Å². The van der Waals surface area contributed by atoms with Crippen molar-refractivity contribution in [3.8, 4) is 0 Å². The highest BCUT2D eigenvalue weighted by atomic mass is 32.1. The van der Waals surface area contributed by atoms with Crippen molar-refractivity contribution in [2.24, 2.45) is 0 Å². The van der Waals surface area contributed by atoms with Gasteiger partial charge < -0.3 is 5.32 Å². The van der Waals surface area contributed by atoms with Crippen LogP contribution < -0.4 is 16.4 Å². The Labute approximate surface area is 124 Å². The van der Waals surface area contributed by atoms with E-state index in [0.717, 1.165) is 0 Å². The van der Waals surface area contributed by atoms with Crippen LogP contribution in [0.15, 0.2) is 39.9 Å². The molecule has 21 heavy (non-hydrogen) atoms. The molecule has 6 heteroatoms. The van der Waals surface area contributed by atoms with Crippen molar-refractivity contribution in [3.63, 3.8) is 0 Å². The molecule has 0 aliphatic carbocycles. The number of benzene rings is 1. The lowest BCUT2D eigenvalue weighted by atomic mass is 10.1. The fraction of sp³-hybridized carbons (Fsp3) is 0.200. The van der Waals surface area contributed by atoms with Crippen molar-refractivity contribution in [2.45, 2.75) is 19.9 Å². The number of hydrogen-bond acceptors (Lipinski definition) is 4. The van der Waals surface area contributed by atoms with Gasteiger partial charge in [-0.2, -0.15) is 0 Å². The summed E-state index contributed by atoms with van der Waals surface area (Å²) in [7, 11) is 0. The van der Waals surface area contributed by atoms with Crippen LogP contribution in [0.25, 0.3) is 10.8 Å². The summed E-state index contributed by atoms with van der Waals surface area (Å²) < 4.78 is 0. The first kappa shape index (κ1) is 13.6. The summed E-state index contributed by atoms with van der Waals surface area (Å²) >= 11 is 1.71. The number of fused-ring (bicyclic) bond motifs is 1. The van der Waals surface area contributed by atoms with Crippen LogP contribution in [-0.2, 0) is 0 Å². The molecule has 0 radical (unpaired) electrons. The summed E-state index contributed by atoms with van der Waals surface area (Å²) in [6, 6.07) is 9.43. The molecule has 0 bridgehead atoms. The lowest BCUT2D eigenvalue weighted by molar-refractivity contribution is 0.908. The van der Waals surface area contributed by atoms with Crippen LogP contribution in [0.3, 0.4) is 0 Å². The molecule has 0 spiro atoms. The Hall–Kier alpha value is -2.34. The van der Waals surface area contributed by atoms with Gasteiger partial charge in [-0.15, -0.1) is 11.3 Å². The van der Waals surface area contributed by atoms with Crippen LogP contribution in [0, 0.1) is 6.92 Å². The van der Waals surface area contributed by atoms with Gasteiger partial charge in [-0.25, -0.2) is 0 Å². The van der Waals surface area contributed by atoms with Crippen molar-refractivity contribution in [3.05, 3.63) is 60.8 Å². The molecule has 0 saturated heterocycles. The Morgan fingerprint density at radius 1 is 1.10 bits per heavy atom. The van der Waals surface area contributed by atoms with E-state index in [-0.39, 0.29) is 17.2 Å². The molecule has 3 N–H and O–H groups in total. The first-order valence-corrected chi connectivity index (χ1v) is 7.44. The van der Waals surface area contributed by atoms with Gasteiger partial charge in [-0.05, 0) is 38.1 Å². The first-order valence-electron chi connectivity index (χ1n) is 6.63. The average molecular weight is 301 g/mol. The van der Waals surface area contributed by atoms with E-state index in [1.165, 1.54) is 9.75 Å². The molecule has 108 valence electrons. The van der Waals surface area contributed by atoms with Gasteiger partial charge in [0.1, 0.15) is 0 Å². The third-order valence-corrected chi connectivity index (χ3v) is 4.57. The van der Waals surface area contributed by atoms with E-state index in [1.807, 2.05) is 13.0 Å². The van der Waals surface area contributed by atoms with E-state index in [1.54, 1.807) is 23.5 Å². The van der Waals surface area contributed by atoms with Gasteiger partial charge in [0.25, 0.3) is 11.1 Å². The number of nitrogens with one attached hydrogen (secondary N) is 3. The number of rotatable bonds is 3. The molecule has 1 aromatic carbocycles. The fourth-order valence-corrected chi connectivity index (χ4v) is 3.22. The zero-order valence-corrected chi connectivity index (χ0v) is 12.5. The maximum absolute atomic E-state index is 12.0. The highest BCUT2D eigenvalue weighted by Gasteiger charge is 2.12. The van der Waals surface area contributed by atoms with Crippen LogP contribution in [0.2, 0.25) is 0 Å². The second kappa shape index (κ2) is 5.21. The topological polar surface area (TPSA) is 77.8 Å². The molecule has 0 aliphatic rings. The van der Waals surface area contributed by atoms with Gasteiger partial charge in [0, 0.05) is 15.4 Å². The number of aryl methyl sites for hydroxylation is 1. The number of anilines is 1. The van der Waals surface area contributed by atoms with E-state index >= 15 is 0 Å². The van der Waals surface area contributed by atoms with Crippen LogP contribution in [-0.4, -0.2) is 10.2 Å². The van der Waals surface area contributed by atoms with E-state index in [2.05, 4.69) is 34.6 Å². The number of H-pyrrole nitrogens is 2. The van der Waals surface area contributed by atoms with E-state index in [4.69, 9.17) is 0 Å². The lowest BCUT2D eigenvalue weighted by Gasteiger charge is -2.15. The van der Waals surface area contributed by atoms with Crippen molar-refractivity contribution in [1.82, 2.24) is 10.2 Å². The minimum atomic E-state index is -0.303. The summed E-state index contributed by atoms with van der Waals surface area (Å²) in [5, 5.41) is 8.81. The molecular weight excluding hydrogens is 286 g/mol. The monoisotopic (exact) mass is 301 g/mol. The zero-order chi connectivity index (χ0) is 15.0. The normalized spacial score (nSPS) is 12.5. The minimum Gasteiger partial charge on any atom is -0.377 e. The third-order valence-electron chi connectivity index (χ3n) is 3.39. The van der Waals surface area contributed by atoms with E-state index in [9.17, 15) is 9.59 Å². The summed E-state index contributed by atoms with van der Waals surface area (Å²) in [4.78, 5) is 26.2. The molecule has 1 atom stereocenters. The minimum absolute atomic E-state index is 0.0630. The van der Waals surface area contributed by atoms with Crippen LogP contribution in [0.5, 0.6) is 0 Å². The van der Waals surface area contributed by atoms with Gasteiger partial charge in [-0.3, -0.25) is 19.8 Å². The number of aromatic amines is 2. The summed E-state index contributed by atoms with van der Waals surface area (Å²) in [5.41, 5.74) is 0.0635. The molecule has 2 heterocycles. The molecule has 3 aromatic rings. The molecular formula is C15H15N3O2S. The Morgan fingerprint density at radius 2 is 1.86 bits per heavy atom. The molecule has 0 aliphatic heterocycles. The fourth-order valence-electron chi connectivity index (χ4n) is 2.34. The smallest absolute Gasteiger partial charge is 0.272 e. The summed E-state index contributed by atoms with van der Waals surface area (Å²) in [6.07, 6.45) is 0. The third kappa shape index (κ3) is 2.50. The summed E-state index contributed by atoms with van der Waals surface area (Å²) in [6.45, 7) is 4.09. The number of aromatic nitrogens is 2. The first-order chi connectivity index (χ1) is 10.1. The van der Waals surface area contributed by atoms with Gasteiger partial charge in [0.2, 0.25) is 0 Å². The van der Waals surface area contributed by atoms with Crippen LogP contribution in [0.1, 0.15) is 22.7 Å². The highest BCUT2D eigenvalue weighted by molar-refractivity contribution is 7.12. The van der Waals surface area contributed by atoms with Crippen LogP contribution in [0.4, 0.5) is 5.69 Å². The Bertz CT molecular complexity index is 907. The second-order valence-electron chi connectivity index (χ2n) is 4.95. The maximum Gasteiger partial charge on any atom is 0.272 e. The summed E-state index contributed by atoms with van der Waals surface area (Å²) in [5.74, 6) is 0. The molecule has 3 rings (SSSR count). The van der Waals surface area contributed by atoms with Gasteiger partial charge >= 0.3 is 0 Å². The van der Waals surface area contributed by atoms with Crippen LogP contribution >= 0.6 is 11.3 Å². The molecule has 2 aromatic heterocycles.